The molecule has 0 saturated heterocycles. The molecule has 1 aliphatic carbocycles. The van der Waals surface area contributed by atoms with Crippen LogP contribution in [0.2, 0.25) is 0 Å². The number of hydrogen-bond donors (Lipinski definition) is 2. The van der Waals surface area contributed by atoms with Gasteiger partial charge in [0.1, 0.15) is 0 Å². The summed E-state index contributed by atoms with van der Waals surface area (Å²) in [6.07, 6.45) is 1.45. The number of hydrogen-bond acceptors (Lipinski definition) is 7. The van der Waals surface area contributed by atoms with Gasteiger partial charge in [0.2, 0.25) is 0 Å². The molecule has 7 nitrogen and oxygen atoms in total. The molecule has 0 bridgehead atoms. The van der Waals surface area contributed by atoms with Crippen LogP contribution in [0.5, 0.6) is 0 Å². The molecular weight excluding hydrogens is 409 g/mol. The van der Waals surface area contributed by atoms with Crippen molar-refractivity contribution in [3.8, 4) is 0 Å². The molecule has 1 fully saturated rings. The number of rotatable bonds is 4. The van der Waals surface area contributed by atoms with Crippen LogP contribution in [-0.2, 0) is 40.3 Å². The summed E-state index contributed by atoms with van der Waals surface area (Å²) in [5.74, 6) is 6.83. The third-order valence-electron chi connectivity index (χ3n) is 3.09. The van der Waals surface area contributed by atoms with E-state index < -0.39 is 17.9 Å². The molecule has 4 N–H and O–H groups in total. The molecule has 0 aromatic rings. The van der Waals surface area contributed by atoms with Gasteiger partial charge in [-0.3, -0.25) is 0 Å². The second-order valence-electron chi connectivity index (χ2n) is 4.20. The van der Waals surface area contributed by atoms with Crippen LogP contribution in [0.25, 0.3) is 0 Å². The minimum atomic E-state index is -1.01. The van der Waals surface area contributed by atoms with Crippen molar-refractivity contribution >= 4 is 11.9 Å². The van der Waals surface area contributed by atoms with Gasteiger partial charge in [0.05, 0.1) is 0 Å². The van der Waals surface area contributed by atoms with E-state index in [9.17, 15) is 9.59 Å². The molecule has 0 amide bonds. The molecule has 0 aromatic carbocycles. The molecule has 0 spiro atoms. The summed E-state index contributed by atoms with van der Waals surface area (Å²) in [6.45, 7) is 0. The molecule has 1 rings (SSSR count). The van der Waals surface area contributed by atoms with Crippen molar-refractivity contribution in [2.45, 2.75) is 18.9 Å². The number of carbonyl (C=O) groups excluding carboxylic acids is 2. The summed E-state index contributed by atoms with van der Waals surface area (Å²) in [6, 6.07) is 0.364. The maximum atomic E-state index is 11.3. The van der Waals surface area contributed by atoms with Gasteiger partial charge in [0, 0.05) is 27.1 Å². The van der Waals surface area contributed by atoms with Gasteiger partial charge in [0.25, 0.3) is 0 Å². The fourth-order valence-electron chi connectivity index (χ4n) is 1.95. The predicted molar refractivity (Wildman–Crippen MR) is 54.2 cm³/mol. The standard InChI is InChI=1S/C9H17N3O4.Pt/c1-12(2)6-3-5(4-6)7(8(13)15-10)9(14)16-11;/h5-7H,3-4,10-11H2,1-2H3;/t5-,6+;. The Morgan fingerprint density at radius 1 is 1.18 bits per heavy atom. The molecule has 8 heteroatoms. The van der Waals surface area contributed by atoms with Crippen molar-refractivity contribution in [3.05, 3.63) is 0 Å². The molecule has 1 aliphatic rings. The van der Waals surface area contributed by atoms with Crippen molar-refractivity contribution in [1.29, 1.82) is 0 Å². The summed E-state index contributed by atoms with van der Waals surface area (Å²) >= 11 is 0. The second kappa shape index (κ2) is 7.06. The van der Waals surface area contributed by atoms with Gasteiger partial charge < -0.3 is 14.6 Å². The first kappa shape index (κ1) is 16.5. The normalized spacial score (nSPS) is 22.7. The fraction of sp³-hybridized carbons (Fsp3) is 0.778. The van der Waals surface area contributed by atoms with Gasteiger partial charge in [-0.15, -0.1) is 0 Å². The third-order valence-corrected chi connectivity index (χ3v) is 3.09. The molecule has 102 valence electrons. The van der Waals surface area contributed by atoms with Crippen LogP contribution in [0.3, 0.4) is 0 Å². The number of carbonyl (C=O) groups is 2. The zero-order valence-electron chi connectivity index (χ0n) is 9.70. The molecule has 0 unspecified atom stereocenters. The Kier molecular flexibility index (Phi) is 6.85. The molecule has 0 aromatic heterocycles. The van der Waals surface area contributed by atoms with Gasteiger partial charge in [-0.05, 0) is 32.9 Å². The molecule has 0 radical (unpaired) electrons. The zero-order valence-corrected chi connectivity index (χ0v) is 12.0. The van der Waals surface area contributed by atoms with Crippen molar-refractivity contribution in [1.82, 2.24) is 4.90 Å². The van der Waals surface area contributed by atoms with E-state index in [1.165, 1.54) is 0 Å². The first-order valence-corrected chi connectivity index (χ1v) is 4.98. The van der Waals surface area contributed by atoms with Crippen LogP contribution >= 0.6 is 0 Å². The van der Waals surface area contributed by atoms with Crippen LogP contribution in [0, 0.1) is 11.8 Å². The maximum absolute atomic E-state index is 11.3. The van der Waals surface area contributed by atoms with E-state index in [1.54, 1.807) is 0 Å². The summed E-state index contributed by atoms with van der Waals surface area (Å²) in [4.78, 5) is 32.8. The van der Waals surface area contributed by atoms with E-state index in [0.717, 1.165) is 12.8 Å². The van der Waals surface area contributed by atoms with Crippen molar-refractivity contribution < 1.29 is 40.3 Å². The number of nitrogens with two attached hydrogens (primary N) is 2. The van der Waals surface area contributed by atoms with Gasteiger partial charge in [0.15, 0.2) is 5.92 Å². The second-order valence-corrected chi connectivity index (χ2v) is 4.20. The minimum absolute atomic E-state index is 0. The van der Waals surface area contributed by atoms with Crippen LogP contribution in [0.4, 0.5) is 0 Å². The summed E-state index contributed by atoms with van der Waals surface area (Å²) in [5.41, 5.74) is 0. The molecule has 1 saturated carbocycles. The molecular formula is C9H17N3O4Pt. The van der Waals surface area contributed by atoms with E-state index in [4.69, 9.17) is 11.8 Å². The topological polar surface area (TPSA) is 108 Å². The van der Waals surface area contributed by atoms with Crippen molar-refractivity contribution in [2.24, 2.45) is 23.6 Å². The Hall–Kier alpha value is -0.492. The summed E-state index contributed by atoms with van der Waals surface area (Å²) in [7, 11) is 3.89. The average Bonchev–Trinajstić information content (AvgIpc) is 2.19. The Bertz CT molecular complexity index is 265. The Labute approximate surface area is 114 Å². The van der Waals surface area contributed by atoms with Gasteiger partial charge in [-0.2, -0.15) is 11.8 Å². The monoisotopic (exact) mass is 426 g/mol. The zero-order chi connectivity index (χ0) is 12.3. The quantitative estimate of drug-likeness (QED) is 0.428. The SMILES string of the molecule is CN(C)[C@H]1C[C@@H](C(C(=O)ON)C(=O)ON)C1.[Pt]. The first-order chi connectivity index (χ1) is 7.51. The van der Waals surface area contributed by atoms with Crippen molar-refractivity contribution in [3.63, 3.8) is 0 Å². The Morgan fingerprint density at radius 3 is 1.88 bits per heavy atom. The van der Waals surface area contributed by atoms with Crippen LogP contribution < -0.4 is 11.8 Å². The number of nitrogens with zero attached hydrogens (tertiary/aromatic N) is 1. The molecule has 0 heterocycles. The molecule has 0 aliphatic heterocycles. The molecule has 0 atom stereocenters. The maximum Gasteiger partial charge on any atom is 0.339 e. The van der Waals surface area contributed by atoms with Crippen LogP contribution in [0.1, 0.15) is 12.8 Å². The summed E-state index contributed by atoms with van der Waals surface area (Å²) in [5, 5.41) is 0. The van der Waals surface area contributed by atoms with Crippen molar-refractivity contribution in [2.75, 3.05) is 14.1 Å². The average molecular weight is 426 g/mol. The van der Waals surface area contributed by atoms with Gasteiger partial charge >= 0.3 is 11.9 Å². The van der Waals surface area contributed by atoms with E-state index in [-0.39, 0.29) is 27.0 Å². The largest absolute Gasteiger partial charge is 0.373 e. The summed E-state index contributed by atoms with van der Waals surface area (Å²) < 4.78 is 0. The van der Waals surface area contributed by atoms with E-state index in [0.29, 0.717) is 6.04 Å². The first-order valence-electron chi connectivity index (χ1n) is 4.98. The molecule has 17 heavy (non-hydrogen) atoms. The minimum Gasteiger partial charge on any atom is -0.373 e. The smallest absolute Gasteiger partial charge is 0.339 e. The van der Waals surface area contributed by atoms with Gasteiger partial charge in [-0.25, -0.2) is 9.59 Å². The fourth-order valence-corrected chi connectivity index (χ4v) is 1.95. The Morgan fingerprint density at radius 2 is 1.59 bits per heavy atom. The van der Waals surface area contributed by atoms with E-state index >= 15 is 0 Å². The van der Waals surface area contributed by atoms with Crippen LogP contribution in [0.15, 0.2) is 0 Å². The third kappa shape index (κ3) is 3.74. The Balaban J connectivity index is 0.00000256. The predicted octanol–water partition coefficient (Wildman–Crippen LogP) is -1.23. The van der Waals surface area contributed by atoms with Crippen LogP contribution in [-0.4, -0.2) is 37.0 Å². The van der Waals surface area contributed by atoms with E-state index in [2.05, 4.69) is 9.68 Å². The van der Waals surface area contributed by atoms with Gasteiger partial charge in [-0.1, -0.05) is 0 Å². The van der Waals surface area contributed by atoms with E-state index in [1.807, 2.05) is 19.0 Å².